The van der Waals surface area contributed by atoms with E-state index in [1.54, 1.807) is 17.9 Å². The first-order valence-corrected chi connectivity index (χ1v) is 5.51. The van der Waals surface area contributed by atoms with Gasteiger partial charge >= 0.3 is 0 Å². The molecular weight excluding hydrogens is 216 g/mol. The SMILES string of the molecule is CCCN(CCCl)C(=O)c1cc(C)no1. The van der Waals surface area contributed by atoms with Crippen molar-refractivity contribution in [3.05, 3.63) is 17.5 Å². The fourth-order valence-corrected chi connectivity index (χ4v) is 1.51. The molecule has 15 heavy (non-hydrogen) atoms. The Bertz CT molecular complexity index is 319. The molecule has 1 rings (SSSR count). The van der Waals surface area contributed by atoms with E-state index in [1.165, 1.54) is 0 Å². The molecule has 5 heteroatoms. The van der Waals surface area contributed by atoms with Crippen molar-refractivity contribution in [2.45, 2.75) is 20.3 Å². The van der Waals surface area contributed by atoms with Crippen molar-refractivity contribution in [3.63, 3.8) is 0 Å². The number of rotatable bonds is 5. The molecule has 0 aromatic carbocycles. The second-order valence-electron chi connectivity index (χ2n) is 3.31. The van der Waals surface area contributed by atoms with Crippen LogP contribution in [0.4, 0.5) is 0 Å². The normalized spacial score (nSPS) is 10.3. The van der Waals surface area contributed by atoms with Crippen LogP contribution in [-0.2, 0) is 0 Å². The molecule has 4 nitrogen and oxygen atoms in total. The lowest BCUT2D eigenvalue weighted by atomic mass is 10.3. The van der Waals surface area contributed by atoms with Gasteiger partial charge in [-0.15, -0.1) is 11.6 Å². The lowest BCUT2D eigenvalue weighted by Gasteiger charge is -2.18. The van der Waals surface area contributed by atoms with Gasteiger partial charge in [-0.05, 0) is 13.3 Å². The summed E-state index contributed by atoms with van der Waals surface area (Å²) in [7, 11) is 0. The second kappa shape index (κ2) is 5.75. The van der Waals surface area contributed by atoms with E-state index in [0.29, 0.717) is 24.7 Å². The monoisotopic (exact) mass is 230 g/mol. The molecule has 1 aromatic rings. The van der Waals surface area contributed by atoms with Crippen LogP contribution in [0, 0.1) is 6.92 Å². The highest BCUT2D eigenvalue weighted by atomic mass is 35.5. The molecular formula is C10H15ClN2O2. The number of hydrogen-bond acceptors (Lipinski definition) is 3. The number of carbonyl (C=O) groups excluding carboxylic acids is 1. The van der Waals surface area contributed by atoms with Gasteiger partial charge in [0.2, 0.25) is 5.76 Å². The number of halogens is 1. The summed E-state index contributed by atoms with van der Waals surface area (Å²) in [5.41, 5.74) is 0.709. The average Bonchev–Trinajstić information content (AvgIpc) is 2.63. The lowest BCUT2D eigenvalue weighted by Crippen LogP contribution is -2.33. The molecule has 0 aliphatic heterocycles. The van der Waals surface area contributed by atoms with E-state index < -0.39 is 0 Å². The first-order valence-electron chi connectivity index (χ1n) is 4.97. The molecule has 0 spiro atoms. The van der Waals surface area contributed by atoms with E-state index in [2.05, 4.69) is 5.16 Å². The summed E-state index contributed by atoms with van der Waals surface area (Å²) in [4.78, 5) is 13.5. The average molecular weight is 231 g/mol. The maximum atomic E-state index is 11.9. The minimum absolute atomic E-state index is 0.141. The van der Waals surface area contributed by atoms with Crippen LogP contribution < -0.4 is 0 Å². The van der Waals surface area contributed by atoms with Gasteiger partial charge in [0.05, 0.1) is 5.69 Å². The van der Waals surface area contributed by atoms with Crippen LogP contribution in [0.25, 0.3) is 0 Å². The van der Waals surface area contributed by atoms with E-state index in [1.807, 2.05) is 6.92 Å². The van der Waals surface area contributed by atoms with Gasteiger partial charge in [-0.25, -0.2) is 0 Å². The third-order valence-corrected chi connectivity index (χ3v) is 2.14. The van der Waals surface area contributed by atoms with E-state index >= 15 is 0 Å². The predicted molar refractivity (Wildman–Crippen MR) is 58.2 cm³/mol. The Morgan fingerprint density at radius 2 is 2.33 bits per heavy atom. The molecule has 1 amide bonds. The number of nitrogens with zero attached hydrogens (tertiary/aromatic N) is 2. The molecule has 0 unspecified atom stereocenters. The summed E-state index contributed by atoms with van der Waals surface area (Å²) in [6, 6.07) is 1.64. The number of alkyl halides is 1. The minimum Gasteiger partial charge on any atom is -0.351 e. The molecule has 0 N–H and O–H groups in total. The topological polar surface area (TPSA) is 46.3 Å². The van der Waals surface area contributed by atoms with Crippen LogP contribution >= 0.6 is 11.6 Å². The predicted octanol–water partition coefficient (Wildman–Crippen LogP) is 2.07. The summed E-state index contributed by atoms with van der Waals surface area (Å²) in [6.45, 7) is 5.02. The Morgan fingerprint density at radius 1 is 1.60 bits per heavy atom. The number of amides is 1. The molecule has 0 saturated carbocycles. The zero-order chi connectivity index (χ0) is 11.3. The Hall–Kier alpha value is -1.03. The molecule has 0 saturated heterocycles. The Labute approximate surface area is 94.2 Å². The number of aromatic nitrogens is 1. The highest BCUT2D eigenvalue weighted by Crippen LogP contribution is 2.07. The van der Waals surface area contributed by atoms with Gasteiger partial charge in [0.15, 0.2) is 0 Å². The van der Waals surface area contributed by atoms with Gasteiger partial charge in [-0.3, -0.25) is 4.79 Å². The largest absolute Gasteiger partial charge is 0.351 e. The molecule has 0 atom stereocenters. The summed E-state index contributed by atoms with van der Waals surface area (Å²) in [6.07, 6.45) is 0.899. The van der Waals surface area contributed by atoms with Gasteiger partial charge < -0.3 is 9.42 Å². The first kappa shape index (κ1) is 12.0. The third kappa shape index (κ3) is 3.23. The zero-order valence-electron chi connectivity index (χ0n) is 8.99. The highest BCUT2D eigenvalue weighted by Gasteiger charge is 2.18. The van der Waals surface area contributed by atoms with Gasteiger partial charge in [0.1, 0.15) is 0 Å². The fourth-order valence-electron chi connectivity index (χ4n) is 1.31. The van der Waals surface area contributed by atoms with Crippen LogP contribution in [0.2, 0.25) is 0 Å². The molecule has 84 valence electrons. The molecule has 0 aliphatic carbocycles. The zero-order valence-corrected chi connectivity index (χ0v) is 9.75. The van der Waals surface area contributed by atoms with Gasteiger partial charge in [-0.1, -0.05) is 12.1 Å². The molecule has 0 fully saturated rings. The van der Waals surface area contributed by atoms with Crippen LogP contribution in [0.3, 0.4) is 0 Å². The first-order chi connectivity index (χ1) is 7.19. The molecule has 1 aromatic heterocycles. The maximum Gasteiger partial charge on any atom is 0.292 e. The Kier molecular flexibility index (Phi) is 4.62. The van der Waals surface area contributed by atoms with Crippen molar-refractivity contribution in [3.8, 4) is 0 Å². The van der Waals surface area contributed by atoms with E-state index in [-0.39, 0.29) is 11.7 Å². The van der Waals surface area contributed by atoms with Gasteiger partial charge in [0.25, 0.3) is 5.91 Å². The minimum atomic E-state index is -0.141. The molecule has 1 heterocycles. The molecule has 0 aliphatic rings. The van der Waals surface area contributed by atoms with E-state index in [4.69, 9.17) is 16.1 Å². The van der Waals surface area contributed by atoms with Crippen molar-refractivity contribution in [1.82, 2.24) is 10.1 Å². The smallest absolute Gasteiger partial charge is 0.292 e. The van der Waals surface area contributed by atoms with Gasteiger partial charge in [-0.2, -0.15) is 0 Å². The summed E-state index contributed by atoms with van der Waals surface area (Å²) in [5.74, 6) is 0.572. The molecule has 0 radical (unpaired) electrons. The van der Waals surface area contributed by atoms with Crippen LogP contribution in [0.15, 0.2) is 10.6 Å². The quantitative estimate of drug-likeness (QED) is 0.728. The summed E-state index contributed by atoms with van der Waals surface area (Å²) in [5, 5.41) is 3.68. The fraction of sp³-hybridized carbons (Fsp3) is 0.600. The van der Waals surface area contributed by atoms with Gasteiger partial charge in [0, 0.05) is 25.0 Å². The van der Waals surface area contributed by atoms with Crippen LogP contribution in [-0.4, -0.2) is 34.9 Å². The number of aryl methyl sites for hydroxylation is 1. The van der Waals surface area contributed by atoms with Crippen molar-refractivity contribution in [1.29, 1.82) is 0 Å². The van der Waals surface area contributed by atoms with Crippen molar-refractivity contribution in [2.75, 3.05) is 19.0 Å². The lowest BCUT2D eigenvalue weighted by molar-refractivity contribution is 0.0723. The summed E-state index contributed by atoms with van der Waals surface area (Å²) >= 11 is 5.63. The maximum absolute atomic E-state index is 11.9. The highest BCUT2D eigenvalue weighted by molar-refractivity contribution is 6.18. The van der Waals surface area contributed by atoms with Crippen molar-refractivity contribution < 1.29 is 9.32 Å². The van der Waals surface area contributed by atoms with Crippen molar-refractivity contribution >= 4 is 17.5 Å². The number of hydrogen-bond donors (Lipinski definition) is 0. The van der Waals surface area contributed by atoms with Crippen LogP contribution in [0.1, 0.15) is 29.6 Å². The van der Waals surface area contributed by atoms with Crippen LogP contribution in [0.5, 0.6) is 0 Å². The van der Waals surface area contributed by atoms with E-state index in [0.717, 1.165) is 6.42 Å². The summed E-state index contributed by atoms with van der Waals surface area (Å²) < 4.78 is 4.92. The number of carbonyl (C=O) groups is 1. The van der Waals surface area contributed by atoms with Crippen molar-refractivity contribution in [2.24, 2.45) is 0 Å². The van der Waals surface area contributed by atoms with E-state index in [9.17, 15) is 4.79 Å². The Balaban J connectivity index is 2.71. The third-order valence-electron chi connectivity index (χ3n) is 1.97. The standard InChI is InChI=1S/C10H15ClN2O2/c1-3-5-13(6-4-11)10(14)9-7-8(2)12-15-9/h7H,3-6H2,1-2H3. The Morgan fingerprint density at radius 3 is 2.80 bits per heavy atom. The second-order valence-corrected chi connectivity index (χ2v) is 3.69. The molecule has 0 bridgehead atoms.